The molecule has 0 aliphatic carbocycles. The van der Waals surface area contributed by atoms with Crippen molar-refractivity contribution in [1.82, 2.24) is 10.1 Å². The fourth-order valence-corrected chi connectivity index (χ4v) is 5.20. The molecule has 0 saturated carbocycles. The van der Waals surface area contributed by atoms with Gasteiger partial charge in [-0.2, -0.15) is 0 Å². The molecular weight excluding hydrogens is 388 g/mol. The van der Waals surface area contributed by atoms with E-state index in [0.717, 1.165) is 10.1 Å². The number of hydrogen-bond acceptors (Lipinski definition) is 6. The molecule has 2 rings (SSSR count). The lowest BCUT2D eigenvalue weighted by Gasteiger charge is -2.49. The van der Waals surface area contributed by atoms with E-state index in [9.17, 15) is 20.0 Å². The first-order valence-electron chi connectivity index (χ1n) is 10.8. The van der Waals surface area contributed by atoms with Crippen molar-refractivity contribution >= 4 is 11.9 Å². The molecule has 8 nitrogen and oxygen atoms in total. The molecule has 0 aromatic rings. The van der Waals surface area contributed by atoms with Gasteiger partial charge in [-0.25, -0.2) is 0 Å². The fraction of sp³-hybridized carbons (Fsp3) is 0.909. The van der Waals surface area contributed by atoms with Crippen molar-refractivity contribution in [1.29, 1.82) is 0 Å². The van der Waals surface area contributed by atoms with Crippen LogP contribution < -0.4 is 0 Å². The molecule has 30 heavy (non-hydrogen) atoms. The third kappa shape index (κ3) is 5.72. The highest BCUT2D eigenvalue weighted by molar-refractivity contribution is 5.77. The zero-order chi connectivity index (χ0) is 23.1. The summed E-state index contributed by atoms with van der Waals surface area (Å²) in [5.41, 5.74) is -2.49. The second-order valence-electron chi connectivity index (χ2n) is 11.4. The Balaban J connectivity index is 1.83. The van der Waals surface area contributed by atoms with Crippen molar-refractivity contribution in [3.05, 3.63) is 0 Å². The fourth-order valence-electron chi connectivity index (χ4n) is 5.20. The van der Waals surface area contributed by atoms with Crippen LogP contribution in [0, 0.1) is 0 Å². The van der Waals surface area contributed by atoms with Crippen molar-refractivity contribution in [2.24, 2.45) is 0 Å². The average molecular weight is 427 g/mol. The Morgan fingerprint density at radius 1 is 0.633 bits per heavy atom. The van der Waals surface area contributed by atoms with E-state index < -0.39 is 34.1 Å². The van der Waals surface area contributed by atoms with Crippen LogP contribution in [-0.2, 0) is 29.5 Å². The number of hydroxylamine groups is 4. The standard InChI is InChI=1S/C22H38N2O6/c1-19(2)11-15(12-20(3,4)23(19)27)29-17(25)9-10-18(26)30-16-13-21(5,6)24(28)22(7,8)14-16/h15-16H,9-14H2,1-8H3. The third-order valence-electron chi connectivity index (χ3n) is 6.24. The lowest BCUT2D eigenvalue weighted by atomic mass is 9.80. The molecule has 172 valence electrons. The van der Waals surface area contributed by atoms with Crippen LogP contribution in [0.4, 0.5) is 0 Å². The molecule has 2 radical (unpaired) electrons. The quantitative estimate of drug-likeness (QED) is 0.623. The number of carbonyl (C=O) groups is 2. The van der Waals surface area contributed by atoms with Gasteiger partial charge in [0.05, 0.1) is 12.8 Å². The Kier molecular flexibility index (Phi) is 6.99. The molecule has 0 atom stereocenters. The van der Waals surface area contributed by atoms with Gasteiger partial charge in [0.1, 0.15) is 12.2 Å². The lowest BCUT2D eigenvalue weighted by molar-refractivity contribution is -0.299. The van der Waals surface area contributed by atoms with Gasteiger partial charge in [0.25, 0.3) is 0 Å². The van der Waals surface area contributed by atoms with E-state index in [1.165, 1.54) is 0 Å². The molecule has 8 heteroatoms. The summed E-state index contributed by atoms with van der Waals surface area (Å²) in [6, 6.07) is 0. The predicted octanol–water partition coefficient (Wildman–Crippen LogP) is 3.59. The van der Waals surface area contributed by atoms with E-state index in [2.05, 4.69) is 0 Å². The summed E-state index contributed by atoms with van der Waals surface area (Å²) in [7, 11) is 0. The van der Waals surface area contributed by atoms with Crippen molar-refractivity contribution in [3.8, 4) is 0 Å². The summed E-state index contributed by atoms with van der Waals surface area (Å²) in [5.74, 6) is -0.920. The van der Waals surface area contributed by atoms with Crippen LogP contribution in [0.5, 0.6) is 0 Å². The summed E-state index contributed by atoms with van der Waals surface area (Å²) in [4.78, 5) is 24.6. The van der Waals surface area contributed by atoms with E-state index in [4.69, 9.17) is 9.47 Å². The van der Waals surface area contributed by atoms with Crippen molar-refractivity contribution < 1.29 is 29.5 Å². The maximum Gasteiger partial charge on any atom is 0.306 e. The second-order valence-corrected chi connectivity index (χ2v) is 11.4. The smallest absolute Gasteiger partial charge is 0.306 e. The molecule has 0 aromatic carbocycles. The van der Waals surface area contributed by atoms with Crippen LogP contribution in [0.25, 0.3) is 0 Å². The second kappa shape index (κ2) is 8.37. The molecule has 2 heterocycles. The number of piperidine rings is 2. The molecule has 0 spiro atoms. The highest BCUT2D eigenvalue weighted by atomic mass is 16.6. The van der Waals surface area contributed by atoms with Gasteiger partial charge in [0.15, 0.2) is 0 Å². The molecule has 0 unspecified atom stereocenters. The predicted molar refractivity (Wildman–Crippen MR) is 109 cm³/mol. The van der Waals surface area contributed by atoms with Crippen molar-refractivity contribution in [2.45, 2.75) is 128 Å². The highest BCUT2D eigenvalue weighted by Gasteiger charge is 2.48. The zero-order valence-electron chi connectivity index (χ0n) is 19.7. The summed E-state index contributed by atoms with van der Waals surface area (Å²) < 4.78 is 11.1. The Labute approximate surface area is 180 Å². The van der Waals surface area contributed by atoms with E-state index in [-0.39, 0.29) is 25.0 Å². The SMILES string of the molecule is CC1(C)CC(OC(=O)CCC(=O)OC2CC(C)(C)N([O])C(C)(C)C2)CC(C)(C)N1[O]. The van der Waals surface area contributed by atoms with Crippen LogP contribution in [-0.4, -0.2) is 56.4 Å². The number of nitrogens with zero attached hydrogens (tertiary/aromatic N) is 2. The normalized spacial score (nSPS) is 26.9. The van der Waals surface area contributed by atoms with Crippen LogP contribution in [0.1, 0.15) is 93.9 Å². The number of hydrogen-bond donors (Lipinski definition) is 0. The molecule has 0 aromatic heterocycles. The van der Waals surface area contributed by atoms with Gasteiger partial charge in [-0.05, 0) is 55.4 Å². The molecule has 0 amide bonds. The monoisotopic (exact) mass is 426 g/mol. The van der Waals surface area contributed by atoms with E-state index in [1.54, 1.807) is 0 Å². The topological polar surface area (TPSA) is 98.9 Å². The van der Waals surface area contributed by atoms with Crippen LogP contribution in [0.3, 0.4) is 0 Å². The average Bonchev–Trinajstić information content (AvgIpc) is 2.54. The Morgan fingerprint density at radius 2 is 0.867 bits per heavy atom. The van der Waals surface area contributed by atoms with Crippen LogP contribution >= 0.6 is 0 Å². The third-order valence-corrected chi connectivity index (χ3v) is 6.24. The summed E-state index contributed by atoms with van der Waals surface area (Å²) in [5, 5.41) is 27.0. The van der Waals surface area contributed by atoms with Gasteiger partial charge in [0, 0.05) is 47.8 Å². The molecule has 2 fully saturated rings. The summed E-state index contributed by atoms with van der Waals surface area (Å²) in [6.07, 6.45) is 0.970. The summed E-state index contributed by atoms with van der Waals surface area (Å²) >= 11 is 0. The highest BCUT2D eigenvalue weighted by Crippen LogP contribution is 2.39. The van der Waals surface area contributed by atoms with Crippen molar-refractivity contribution in [3.63, 3.8) is 0 Å². The number of rotatable bonds is 5. The Hall–Kier alpha value is -1.22. The molecular formula is C22H38N2O6. The first kappa shape index (κ1) is 25.0. The number of ether oxygens (including phenoxy) is 2. The van der Waals surface area contributed by atoms with Gasteiger partial charge in [-0.15, -0.1) is 20.5 Å². The Bertz CT molecular complexity index is 566. The molecule has 2 aliphatic rings. The Morgan fingerprint density at radius 3 is 1.10 bits per heavy atom. The number of carbonyl (C=O) groups excluding carboxylic acids is 2. The van der Waals surface area contributed by atoms with Gasteiger partial charge in [-0.1, -0.05) is 0 Å². The minimum absolute atomic E-state index is 0.0650. The first-order chi connectivity index (χ1) is 13.5. The molecule has 0 bridgehead atoms. The van der Waals surface area contributed by atoms with Gasteiger partial charge >= 0.3 is 11.9 Å². The van der Waals surface area contributed by atoms with Crippen LogP contribution in [0.15, 0.2) is 0 Å². The molecule has 2 aliphatic heterocycles. The van der Waals surface area contributed by atoms with E-state index >= 15 is 0 Å². The van der Waals surface area contributed by atoms with E-state index in [1.807, 2.05) is 55.4 Å². The van der Waals surface area contributed by atoms with Crippen LogP contribution in [0.2, 0.25) is 0 Å². The maximum atomic E-state index is 12.4. The molecule has 0 N–H and O–H groups in total. The largest absolute Gasteiger partial charge is 0.462 e. The van der Waals surface area contributed by atoms with E-state index in [0.29, 0.717) is 25.7 Å². The van der Waals surface area contributed by atoms with Crippen molar-refractivity contribution in [2.75, 3.05) is 0 Å². The van der Waals surface area contributed by atoms with Gasteiger partial charge < -0.3 is 9.47 Å². The first-order valence-corrected chi connectivity index (χ1v) is 10.8. The minimum Gasteiger partial charge on any atom is -0.462 e. The number of esters is 2. The maximum absolute atomic E-state index is 12.4. The summed E-state index contributed by atoms with van der Waals surface area (Å²) in [6.45, 7) is 14.7. The van der Waals surface area contributed by atoms with Gasteiger partial charge in [-0.3, -0.25) is 9.59 Å². The molecule has 2 saturated heterocycles. The zero-order valence-corrected chi connectivity index (χ0v) is 19.7. The minimum atomic E-state index is -0.623. The van der Waals surface area contributed by atoms with Gasteiger partial charge in [0.2, 0.25) is 0 Å². The lowest BCUT2D eigenvalue weighted by Crippen LogP contribution is -2.60.